The SMILES string of the molecule is CC1c2ccccc2C(C)(C)c2ccccc21. The van der Waals surface area contributed by atoms with E-state index in [2.05, 4.69) is 69.3 Å². The van der Waals surface area contributed by atoms with Gasteiger partial charge in [-0.15, -0.1) is 0 Å². The Morgan fingerprint density at radius 2 is 1.18 bits per heavy atom. The lowest BCUT2D eigenvalue weighted by molar-refractivity contribution is 0.591. The normalized spacial score (nSPS) is 17.4. The van der Waals surface area contributed by atoms with Gasteiger partial charge in [0.05, 0.1) is 0 Å². The molecule has 1 aliphatic carbocycles. The molecule has 0 saturated carbocycles. The molecule has 0 spiro atoms. The monoisotopic (exact) mass is 222 g/mol. The van der Waals surface area contributed by atoms with Crippen molar-refractivity contribution >= 4 is 0 Å². The molecule has 0 nitrogen and oxygen atoms in total. The van der Waals surface area contributed by atoms with Crippen LogP contribution >= 0.6 is 0 Å². The van der Waals surface area contributed by atoms with Crippen LogP contribution in [-0.4, -0.2) is 0 Å². The number of rotatable bonds is 0. The Kier molecular flexibility index (Phi) is 2.16. The zero-order valence-electron chi connectivity index (χ0n) is 10.7. The van der Waals surface area contributed by atoms with E-state index in [1.165, 1.54) is 22.3 Å². The summed E-state index contributed by atoms with van der Waals surface area (Å²) in [5.41, 5.74) is 6.05. The highest BCUT2D eigenvalue weighted by Crippen LogP contribution is 2.46. The first-order valence-electron chi connectivity index (χ1n) is 6.31. The van der Waals surface area contributed by atoms with Crippen LogP contribution < -0.4 is 0 Å². The van der Waals surface area contributed by atoms with E-state index in [4.69, 9.17) is 0 Å². The molecule has 0 heteroatoms. The van der Waals surface area contributed by atoms with Gasteiger partial charge in [0.2, 0.25) is 0 Å². The van der Waals surface area contributed by atoms with Gasteiger partial charge in [-0.1, -0.05) is 69.3 Å². The first kappa shape index (κ1) is 10.6. The molecule has 0 saturated heterocycles. The predicted octanol–water partition coefficient (Wildman–Crippen LogP) is 4.48. The van der Waals surface area contributed by atoms with E-state index >= 15 is 0 Å². The molecule has 86 valence electrons. The van der Waals surface area contributed by atoms with Crippen molar-refractivity contribution in [3.8, 4) is 0 Å². The Morgan fingerprint density at radius 1 is 0.765 bits per heavy atom. The predicted molar refractivity (Wildman–Crippen MR) is 72.5 cm³/mol. The molecule has 0 bridgehead atoms. The molecule has 2 aromatic carbocycles. The van der Waals surface area contributed by atoms with Crippen LogP contribution in [0.15, 0.2) is 48.5 Å². The topological polar surface area (TPSA) is 0 Å². The third kappa shape index (κ3) is 1.37. The van der Waals surface area contributed by atoms with E-state index in [1.54, 1.807) is 0 Å². The average molecular weight is 222 g/mol. The summed E-state index contributed by atoms with van der Waals surface area (Å²) in [5, 5.41) is 0. The van der Waals surface area contributed by atoms with Crippen molar-refractivity contribution in [3.05, 3.63) is 70.8 Å². The van der Waals surface area contributed by atoms with Crippen molar-refractivity contribution in [2.45, 2.75) is 32.1 Å². The van der Waals surface area contributed by atoms with Gasteiger partial charge in [0.1, 0.15) is 0 Å². The lowest BCUT2D eigenvalue weighted by Crippen LogP contribution is -2.28. The minimum absolute atomic E-state index is 0.125. The molecule has 0 heterocycles. The molecule has 3 rings (SSSR count). The standard InChI is InChI=1S/C17H18/c1-12-13-8-4-6-10-15(13)17(2,3)16-11-7-5-9-14(12)16/h4-12H,1-3H3. The molecule has 0 fully saturated rings. The van der Waals surface area contributed by atoms with Crippen LogP contribution in [0.2, 0.25) is 0 Å². The van der Waals surface area contributed by atoms with Crippen LogP contribution in [0, 0.1) is 0 Å². The van der Waals surface area contributed by atoms with Gasteiger partial charge in [0.15, 0.2) is 0 Å². The zero-order valence-corrected chi connectivity index (χ0v) is 10.7. The van der Waals surface area contributed by atoms with E-state index in [0.29, 0.717) is 5.92 Å². The molecule has 0 aromatic heterocycles. The smallest absolute Gasteiger partial charge is 0.0152 e. The van der Waals surface area contributed by atoms with Crippen molar-refractivity contribution in [2.75, 3.05) is 0 Å². The quantitative estimate of drug-likeness (QED) is 0.616. The average Bonchev–Trinajstić information content (AvgIpc) is 2.37. The second-order valence-corrected chi connectivity index (χ2v) is 5.52. The Balaban J connectivity index is 2.34. The summed E-state index contributed by atoms with van der Waals surface area (Å²) in [6.45, 7) is 6.97. The number of hydrogen-bond donors (Lipinski definition) is 0. The minimum Gasteiger partial charge on any atom is -0.0620 e. The third-order valence-corrected chi connectivity index (χ3v) is 4.20. The zero-order chi connectivity index (χ0) is 12.0. The Labute approximate surface area is 103 Å². The van der Waals surface area contributed by atoms with Crippen LogP contribution in [0.25, 0.3) is 0 Å². The fourth-order valence-electron chi connectivity index (χ4n) is 3.20. The lowest BCUT2D eigenvalue weighted by atomic mass is 9.66. The van der Waals surface area contributed by atoms with Crippen molar-refractivity contribution in [1.82, 2.24) is 0 Å². The fourth-order valence-corrected chi connectivity index (χ4v) is 3.20. The maximum Gasteiger partial charge on any atom is 0.0152 e. The van der Waals surface area contributed by atoms with E-state index in [0.717, 1.165) is 0 Å². The van der Waals surface area contributed by atoms with Gasteiger partial charge in [-0.05, 0) is 22.3 Å². The van der Waals surface area contributed by atoms with Gasteiger partial charge in [-0.25, -0.2) is 0 Å². The highest BCUT2D eigenvalue weighted by Gasteiger charge is 2.34. The van der Waals surface area contributed by atoms with Crippen LogP contribution in [-0.2, 0) is 5.41 Å². The van der Waals surface area contributed by atoms with E-state index < -0.39 is 0 Å². The van der Waals surface area contributed by atoms with E-state index in [1.807, 2.05) is 0 Å². The Hall–Kier alpha value is -1.56. The van der Waals surface area contributed by atoms with E-state index in [9.17, 15) is 0 Å². The van der Waals surface area contributed by atoms with Gasteiger partial charge in [0, 0.05) is 11.3 Å². The van der Waals surface area contributed by atoms with Crippen molar-refractivity contribution < 1.29 is 0 Å². The summed E-state index contributed by atoms with van der Waals surface area (Å²) < 4.78 is 0. The molecule has 1 aliphatic rings. The van der Waals surface area contributed by atoms with Crippen LogP contribution in [0.4, 0.5) is 0 Å². The highest BCUT2D eigenvalue weighted by atomic mass is 14.4. The van der Waals surface area contributed by atoms with Gasteiger partial charge in [-0.3, -0.25) is 0 Å². The number of hydrogen-bond acceptors (Lipinski definition) is 0. The summed E-state index contributed by atoms with van der Waals surface area (Å²) in [6, 6.07) is 17.7. The molecule has 17 heavy (non-hydrogen) atoms. The van der Waals surface area contributed by atoms with Crippen molar-refractivity contribution in [3.63, 3.8) is 0 Å². The molecular formula is C17H18. The molecule has 0 aliphatic heterocycles. The van der Waals surface area contributed by atoms with Crippen molar-refractivity contribution in [2.24, 2.45) is 0 Å². The molecule has 0 atom stereocenters. The van der Waals surface area contributed by atoms with Crippen LogP contribution in [0.1, 0.15) is 48.9 Å². The highest BCUT2D eigenvalue weighted by molar-refractivity contribution is 5.55. The second-order valence-electron chi connectivity index (χ2n) is 5.52. The number of fused-ring (bicyclic) bond motifs is 2. The molecule has 0 radical (unpaired) electrons. The minimum atomic E-state index is 0.125. The molecule has 0 amide bonds. The Bertz CT molecular complexity index is 514. The van der Waals surface area contributed by atoms with Crippen LogP contribution in [0.5, 0.6) is 0 Å². The lowest BCUT2D eigenvalue weighted by Gasteiger charge is -2.38. The van der Waals surface area contributed by atoms with Gasteiger partial charge >= 0.3 is 0 Å². The summed E-state index contributed by atoms with van der Waals surface area (Å²) in [4.78, 5) is 0. The molecule has 0 unspecified atom stereocenters. The summed E-state index contributed by atoms with van der Waals surface area (Å²) in [6.07, 6.45) is 0. The first-order valence-corrected chi connectivity index (χ1v) is 6.31. The molecular weight excluding hydrogens is 204 g/mol. The van der Waals surface area contributed by atoms with Crippen molar-refractivity contribution in [1.29, 1.82) is 0 Å². The maximum atomic E-state index is 2.33. The van der Waals surface area contributed by atoms with Gasteiger partial charge in [0.25, 0.3) is 0 Å². The first-order chi connectivity index (χ1) is 8.12. The molecule has 2 aromatic rings. The molecule has 0 N–H and O–H groups in total. The van der Waals surface area contributed by atoms with Gasteiger partial charge < -0.3 is 0 Å². The Morgan fingerprint density at radius 3 is 1.65 bits per heavy atom. The second kappa shape index (κ2) is 3.46. The summed E-state index contributed by atoms with van der Waals surface area (Å²) >= 11 is 0. The van der Waals surface area contributed by atoms with Crippen LogP contribution in [0.3, 0.4) is 0 Å². The maximum absolute atomic E-state index is 2.33. The summed E-state index contributed by atoms with van der Waals surface area (Å²) in [7, 11) is 0. The van der Waals surface area contributed by atoms with E-state index in [-0.39, 0.29) is 5.41 Å². The van der Waals surface area contributed by atoms with Gasteiger partial charge in [-0.2, -0.15) is 0 Å². The summed E-state index contributed by atoms with van der Waals surface area (Å²) in [5.74, 6) is 0.510. The number of benzene rings is 2. The third-order valence-electron chi connectivity index (χ3n) is 4.20. The fraction of sp³-hybridized carbons (Fsp3) is 0.294. The largest absolute Gasteiger partial charge is 0.0620 e.